The van der Waals surface area contributed by atoms with Gasteiger partial charge in [-0.1, -0.05) is 30.3 Å². The van der Waals surface area contributed by atoms with Crippen molar-refractivity contribution in [1.29, 1.82) is 0 Å². The topological polar surface area (TPSA) is 104 Å². The number of hydrogen-bond acceptors (Lipinski definition) is 6. The standard InChI is InChI=1S/C24H29N3O6S/c1-18(23(29)25(3)17-20-7-5-4-6-8-20)33-24(30)21-9-11-22(12-10-21)34(31,32)27-15-13-26(14-16-27)19(2)28/h4-12,18H,13-17H2,1-3H3. The predicted molar refractivity (Wildman–Crippen MR) is 125 cm³/mol. The molecule has 1 fully saturated rings. The molecule has 2 amide bonds. The van der Waals surface area contributed by atoms with Gasteiger partial charge in [0.2, 0.25) is 15.9 Å². The Balaban J connectivity index is 1.59. The molecule has 10 heteroatoms. The van der Waals surface area contributed by atoms with Gasteiger partial charge in [-0.3, -0.25) is 9.59 Å². The Kier molecular flexibility index (Phi) is 8.06. The maximum Gasteiger partial charge on any atom is 0.338 e. The van der Waals surface area contributed by atoms with E-state index in [2.05, 4.69) is 0 Å². The van der Waals surface area contributed by atoms with Crippen molar-refractivity contribution in [2.75, 3.05) is 33.2 Å². The summed E-state index contributed by atoms with van der Waals surface area (Å²) in [6, 6.07) is 14.9. The van der Waals surface area contributed by atoms with Crippen molar-refractivity contribution < 1.29 is 27.5 Å². The fourth-order valence-electron chi connectivity index (χ4n) is 3.68. The Morgan fingerprint density at radius 3 is 2.12 bits per heavy atom. The van der Waals surface area contributed by atoms with Crippen molar-refractivity contribution in [2.45, 2.75) is 31.4 Å². The summed E-state index contributed by atoms with van der Waals surface area (Å²) >= 11 is 0. The lowest BCUT2D eigenvalue weighted by Crippen LogP contribution is -2.49. The van der Waals surface area contributed by atoms with E-state index >= 15 is 0 Å². The van der Waals surface area contributed by atoms with Gasteiger partial charge in [-0.15, -0.1) is 0 Å². The molecule has 1 saturated heterocycles. The second-order valence-electron chi connectivity index (χ2n) is 8.16. The molecule has 0 aromatic heterocycles. The van der Waals surface area contributed by atoms with Crippen molar-refractivity contribution in [3.8, 4) is 0 Å². The fourth-order valence-corrected chi connectivity index (χ4v) is 5.10. The van der Waals surface area contributed by atoms with Crippen LogP contribution in [-0.2, 0) is 30.9 Å². The maximum absolute atomic E-state index is 12.9. The minimum atomic E-state index is -3.75. The Morgan fingerprint density at radius 1 is 0.971 bits per heavy atom. The van der Waals surface area contributed by atoms with Gasteiger partial charge in [0.05, 0.1) is 10.5 Å². The SMILES string of the molecule is CC(=O)N1CCN(S(=O)(=O)c2ccc(C(=O)OC(C)C(=O)N(C)Cc3ccccc3)cc2)CC1. The first-order chi connectivity index (χ1) is 16.1. The first-order valence-electron chi connectivity index (χ1n) is 10.9. The molecule has 2 aromatic rings. The molecule has 1 atom stereocenters. The molecular formula is C24H29N3O6S. The van der Waals surface area contributed by atoms with E-state index in [0.29, 0.717) is 19.6 Å². The highest BCUT2D eigenvalue weighted by atomic mass is 32.2. The summed E-state index contributed by atoms with van der Waals surface area (Å²) in [5.41, 5.74) is 1.10. The van der Waals surface area contributed by atoms with Crippen LogP contribution in [0, 0.1) is 0 Å². The van der Waals surface area contributed by atoms with Gasteiger partial charge in [0.15, 0.2) is 6.10 Å². The van der Waals surface area contributed by atoms with E-state index in [1.54, 1.807) is 11.9 Å². The zero-order valence-electron chi connectivity index (χ0n) is 19.5. The van der Waals surface area contributed by atoms with Gasteiger partial charge in [0.25, 0.3) is 5.91 Å². The first kappa shape index (κ1) is 25.4. The molecule has 1 aliphatic heterocycles. The average molecular weight is 488 g/mol. The van der Waals surface area contributed by atoms with E-state index in [9.17, 15) is 22.8 Å². The summed E-state index contributed by atoms with van der Waals surface area (Å²) in [5, 5.41) is 0. The van der Waals surface area contributed by atoms with Crippen LogP contribution in [0.1, 0.15) is 29.8 Å². The number of hydrogen-bond donors (Lipinski definition) is 0. The van der Waals surface area contributed by atoms with Crippen LogP contribution in [0.4, 0.5) is 0 Å². The number of esters is 1. The predicted octanol–water partition coefficient (Wildman–Crippen LogP) is 1.74. The van der Waals surface area contributed by atoms with Crippen molar-refractivity contribution in [3.63, 3.8) is 0 Å². The third-order valence-corrected chi connectivity index (χ3v) is 7.60. The average Bonchev–Trinajstić information content (AvgIpc) is 2.84. The Bertz CT molecular complexity index is 1130. The van der Waals surface area contributed by atoms with Crippen LogP contribution in [-0.4, -0.2) is 79.6 Å². The normalized spacial score (nSPS) is 15.4. The monoisotopic (exact) mass is 487 g/mol. The van der Waals surface area contributed by atoms with Crippen molar-refractivity contribution >= 4 is 27.8 Å². The summed E-state index contributed by atoms with van der Waals surface area (Å²) in [6.45, 7) is 4.44. The quantitative estimate of drug-likeness (QED) is 0.551. The summed E-state index contributed by atoms with van der Waals surface area (Å²) in [6.07, 6.45) is -0.998. The van der Waals surface area contributed by atoms with Crippen LogP contribution in [0.5, 0.6) is 0 Å². The van der Waals surface area contributed by atoms with Gasteiger partial charge in [-0.2, -0.15) is 4.31 Å². The highest BCUT2D eigenvalue weighted by molar-refractivity contribution is 7.89. The highest BCUT2D eigenvalue weighted by Gasteiger charge is 2.29. The Hall–Kier alpha value is -3.24. The van der Waals surface area contributed by atoms with Gasteiger partial charge in [0, 0.05) is 46.7 Å². The smallest absolute Gasteiger partial charge is 0.338 e. The van der Waals surface area contributed by atoms with E-state index in [0.717, 1.165) is 5.56 Å². The van der Waals surface area contributed by atoms with Crippen LogP contribution in [0.15, 0.2) is 59.5 Å². The summed E-state index contributed by atoms with van der Waals surface area (Å²) in [5.74, 6) is -1.15. The number of benzene rings is 2. The molecule has 3 rings (SSSR count). The number of nitrogens with zero attached hydrogens (tertiary/aromatic N) is 3. The summed E-state index contributed by atoms with van der Waals surface area (Å²) < 4.78 is 32.4. The van der Waals surface area contributed by atoms with Crippen molar-refractivity contribution in [2.24, 2.45) is 0 Å². The largest absolute Gasteiger partial charge is 0.449 e. The highest BCUT2D eigenvalue weighted by Crippen LogP contribution is 2.19. The van der Waals surface area contributed by atoms with E-state index < -0.39 is 22.1 Å². The van der Waals surface area contributed by atoms with Crippen LogP contribution < -0.4 is 0 Å². The van der Waals surface area contributed by atoms with E-state index in [-0.39, 0.29) is 35.4 Å². The maximum atomic E-state index is 12.9. The number of likely N-dealkylation sites (N-methyl/N-ethyl adjacent to an activating group) is 1. The van der Waals surface area contributed by atoms with Gasteiger partial charge < -0.3 is 14.5 Å². The fraction of sp³-hybridized carbons (Fsp3) is 0.375. The lowest BCUT2D eigenvalue weighted by Gasteiger charge is -2.33. The number of carbonyl (C=O) groups is 3. The second-order valence-corrected chi connectivity index (χ2v) is 10.1. The number of ether oxygens (including phenoxy) is 1. The van der Waals surface area contributed by atoms with E-state index in [1.807, 2.05) is 30.3 Å². The van der Waals surface area contributed by atoms with E-state index in [1.165, 1.54) is 47.3 Å². The molecule has 182 valence electrons. The third-order valence-electron chi connectivity index (χ3n) is 5.68. The molecule has 9 nitrogen and oxygen atoms in total. The van der Waals surface area contributed by atoms with Crippen molar-refractivity contribution in [1.82, 2.24) is 14.1 Å². The minimum Gasteiger partial charge on any atom is -0.449 e. The van der Waals surface area contributed by atoms with Crippen molar-refractivity contribution in [3.05, 3.63) is 65.7 Å². The van der Waals surface area contributed by atoms with Crippen LogP contribution in [0.2, 0.25) is 0 Å². The molecule has 34 heavy (non-hydrogen) atoms. The minimum absolute atomic E-state index is 0.0482. The molecule has 0 spiro atoms. The molecule has 0 bridgehead atoms. The van der Waals surface area contributed by atoms with Gasteiger partial charge >= 0.3 is 5.97 Å². The number of carbonyl (C=O) groups excluding carboxylic acids is 3. The zero-order chi connectivity index (χ0) is 24.9. The molecule has 0 N–H and O–H groups in total. The number of amides is 2. The van der Waals surface area contributed by atoms with Crippen LogP contribution in [0.25, 0.3) is 0 Å². The Labute approximate surface area is 200 Å². The summed E-state index contributed by atoms with van der Waals surface area (Å²) in [4.78, 5) is 39.7. The molecule has 1 heterocycles. The van der Waals surface area contributed by atoms with Crippen LogP contribution in [0.3, 0.4) is 0 Å². The lowest BCUT2D eigenvalue weighted by molar-refractivity contribution is -0.139. The molecule has 1 unspecified atom stereocenters. The lowest BCUT2D eigenvalue weighted by atomic mass is 10.2. The first-order valence-corrected chi connectivity index (χ1v) is 12.4. The third kappa shape index (κ3) is 6.00. The molecule has 1 aliphatic rings. The number of piperazine rings is 1. The molecule has 0 radical (unpaired) electrons. The summed E-state index contributed by atoms with van der Waals surface area (Å²) in [7, 11) is -2.11. The molecular weight excluding hydrogens is 458 g/mol. The Morgan fingerprint density at radius 2 is 1.56 bits per heavy atom. The van der Waals surface area contributed by atoms with Gasteiger partial charge in [0.1, 0.15) is 0 Å². The second kappa shape index (κ2) is 10.8. The van der Waals surface area contributed by atoms with E-state index in [4.69, 9.17) is 4.74 Å². The number of sulfonamides is 1. The molecule has 0 aliphatic carbocycles. The molecule has 2 aromatic carbocycles. The van der Waals surface area contributed by atoms with Gasteiger partial charge in [-0.25, -0.2) is 13.2 Å². The van der Waals surface area contributed by atoms with Gasteiger partial charge in [-0.05, 0) is 36.8 Å². The zero-order valence-corrected chi connectivity index (χ0v) is 20.3. The van der Waals surface area contributed by atoms with Crippen LogP contribution >= 0.6 is 0 Å². The molecule has 0 saturated carbocycles. The number of rotatable bonds is 7.